The van der Waals surface area contributed by atoms with Crippen molar-refractivity contribution in [1.29, 1.82) is 0 Å². The third kappa shape index (κ3) is 7.62. The van der Waals surface area contributed by atoms with Crippen LogP contribution < -0.4 is 5.32 Å². The van der Waals surface area contributed by atoms with Crippen molar-refractivity contribution in [3.05, 3.63) is 81.4 Å². The second kappa shape index (κ2) is 15.7. The van der Waals surface area contributed by atoms with E-state index in [1.807, 2.05) is 45.9 Å². The molecule has 278 valence electrons. The number of carboxylic acid groups (broad SMARTS) is 3. The highest BCUT2D eigenvalue weighted by Gasteiger charge is 2.34. The first-order chi connectivity index (χ1) is 25.2. The minimum Gasteiger partial charge on any atom is -0.481 e. The molecule has 14 nitrogen and oxygen atoms in total. The van der Waals surface area contributed by atoms with Crippen molar-refractivity contribution in [3.63, 3.8) is 0 Å². The predicted octanol–water partition coefficient (Wildman–Crippen LogP) is 5.74. The zero-order chi connectivity index (χ0) is 38.7. The van der Waals surface area contributed by atoms with Crippen molar-refractivity contribution >= 4 is 63.5 Å². The number of aryl methyl sites for hydroxylation is 3. The Hall–Kier alpha value is -6.05. The van der Waals surface area contributed by atoms with Crippen LogP contribution in [0.1, 0.15) is 107 Å². The number of carboxylic acids is 3. The summed E-state index contributed by atoms with van der Waals surface area (Å²) in [4.78, 5) is 77.5. The highest BCUT2D eigenvalue weighted by Crippen LogP contribution is 2.43. The Kier molecular flexibility index (Phi) is 11.3. The van der Waals surface area contributed by atoms with E-state index in [1.54, 1.807) is 13.0 Å². The van der Waals surface area contributed by atoms with Crippen molar-refractivity contribution in [2.24, 2.45) is 0 Å². The average Bonchev–Trinajstić information content (AvgIpc) is 3.78. The number of aromatic amines is 2. The number of aromatic nitrogens is 4. The molecule has 0 saturated carbocycles. The summed E-state index contributed by atoms with van der Waals surface area (Å²) in [6.45, 7) is 13.5. The third-order valence-electron chi connectivity index (χ3n) is 10.2. The number of rotatable bonds is 14. The molecule has 0 aromatic carbocycles. The molecule has 2 aliphatic rings. The number of H-pyrrole nitrogens is 2. The van der Waals surface area contributed by atoms with Crippen molar-refractivity contribution in [2.75, 3.05) is 6.61 Å². The number of amides is 1. The Bertz CT molecular complexity index is 2230. The molecule has 3 aromatic heterocycles. The summed E-state index contributed by atoms with van der Waals surface area (Å²) in [5.74, 6) is -5.30. The van der Waals surface area contributed by atoms with Gasteiger partial charge in [0.05, 0.1) is 41.2 Å². The fourth-order valence-corrected chi connectivity index (χ4v) is 7.30. The zero-order valence-corrected chi connectivity index (χ0v) is 30.3. The number of allylic oxidation sites excluding steroid dienone is 3. The molecule has 3 aromatic rings. The molecule has 1 amide bonds. The summed E-state index contributed by atoms with van der Waals surface area (Å²) in [5, 5.41) is 32.8. The van der Waals surface area contributed by atoms with Crippen molar-refractivity contribution in [2.45, 2.75) is 84.6 Å². The lowest BCUT2D eigenvalue weighted by molar-refractivity contribution is -0.143. The lowest BCUT2D eigenvalue weighted by atomic mass is 9.84. The molecule has 3 unspecified atom stereocenters. The Morgan fingerprint density at radius 1 is 0.981 bits per heavy atom. The Morgan fingerprint density at radius 2 is 1.70 bits per heavy atom. The Labute approximate surface area is 305 Å². The van der Waals surface area contributed by atoms with Gasteiger partial charge < -0.3 is 35.3 Å². The third-order valence-corrected chi connectivity index (χ3v) is 10.2. The van der Waals surface area contributed by atoms with E-state index >= 15 is 0 Å². The van der Waals surface area contributed by atoms with Gasteiger partial charge in [-0.2, -0.15) is 0 Å². The van der Waals surface area contributed by atoms with Crippen molar-refractivity contribution in [3.8, 4) is 0 Å². The van der Waals surface area contributed by atoms with Gasteiger partial charge in [0.15, 0.2) is 0 Å². The van der Waals surface area contributed by atoms with E-state index < -0.39 is 42.2 Å². The first-order valence-electron chi connectivity index (χ1n) is 17.3. The number of aliphatic carboxylic acids is 2. The molecule has 53 heavy (non-hydrogen) atoms. The molecule has 0 spiro atoms. The molecule has 14 heteroatoms. The SMILES string of the molecule is C=CC1=C(C)c2cc3nc(c(CC(=O)O)c4[nH]c(cc5[nH]c(cc1n2)c(C)c5CC)c(C)c4C(=O)O)C(CCC(=O)NC(CCOC=O)C(=O)O)C3C. The van der Waals surface area contributed by atoms with Crippen molar-refractivity contribution in [1.82, 2.24) is 25.3 Å². The standard InChI is InChI=1S/C39H43N5O9/c1-7-22-18(3)27-14-29-20(5)24(9-10-33(46)42-26(38(49)50)11-12-53-17-45)36(43-29)25(13-34(47)48)37-35(39(51)52)21(6)30(44-37)16-32-23(8-2)19(4)28(41-32)15-31(22)40-27/h7,14-17,20,24,26,41,44H,1,8-13H2,2-6H3,(H,42,46)(H,47,48)(H,49,50)(H,51,52). The van der Waals surface area contributed by atoms with Gasteiger partial charge in [0, 0.05) is 58.1 Å². The summed E-state index contributed by atoms with van der Waals surface area (Å²) in [6, 6.07) is 4.31. The molecule has 2 aliphatic heterocycles. The van der Waals surface area contributed by atoms with E-state index in [-0.39, 0.29) is 54.9 Å². The largest absolute Gasteiger partial charge is 0.481 e. The monoisotopic (exact) mass is 725 g/mol. The molecule has 8 bridgehead atoms. The van der Waals surface area contributed by atoms with Gasteiger partial charge in [0.25, 0.3) is 6.47 Å². The van der Waals surface area contributed by atoms with Crippen molar-refractivity contribution < 1.29 is 44.0 Å². The van der Waals surface area contributed by atoms with E-state index in [1.165, 1.54) is 0 Å². The molecular formula is C39H43N5O9. The number of nitrogens with zero attached hydrogens (tertiary/aromatic N) is 2. The van der Waals surface area contributed by atoms with E-state index in [2.05, 4.69) is 26.6 Å². The number of carbonyl (C=O) groups excluding carboxylic acids is 2. The Morgan fingerprint density at radius 3 is 2.32 bits per heavy atom. The minimum atomic E-state index is -1.30. The fourth-order valence-electron chi connectivity index (χ4n) is 7.30. The second-order valence-electron chi connectivity index (χ2n) is 13.3. The summed E-state index contributed by atoms with van der Waals surface area (Å²) in [7, 11) is 0. The molecule has 0 radical (unpaired) electrons. The molecular weight excluding hydrogens is 682 g/mol. The smallest absolute Gasteiger partial charge is 0.338 e. The number of nitrogens with one attached hydrogen (secondary N) is 3. The number of fused-ring (bicyclic) bond motifs is 8. The van der Waals surface area contributed by atoms with Crippen LogP contribution in [0.5, 0.6) is 0 Å². The van der Waals surface area contributed by atoms with Gasteiger partial charge in [-0.3, -0.25) is 19.4 Å². The lowest BCUT2D eigenvalue weighted by Gasteiger charge is -2.19. The zero-order valence-electron chi connectivity index (χ0n) is 30.3. The summed E-state index contributed by atoms with van der Waals surface area (Å²) in [6.07, 6.45) is 1.68. The summed E-state index contributed by atoms with van der Waals surface area (Å²) in [5.41, 5.74) is 8.53. The van der Waals surface area contributed by atoms with Crippen LogP contribution >= 0.6 is 0 Å². The molecule has 0 aliphatic carbocycles. The van der Waals surface area contributed by atoms with Gasteiger partial charge in [0.2, 0.25) is 5.91 Å². The maximum Gasteiger partial charge on any atom is 0.338 e. The maximum absolute atomic E-state index is 13.1. The maximum atomic E-state index is 13.1. The van der Waals surface area contributed by atoms with Gasteiger partial charge in [-0.05, 0) is 74.1 Å². The Balaban J connectivity index is 1.81. The molecule has 5 rings (SSSR count). The fraction of sp³-hybridized carbons (Fsp3) is 0.359. The van der Waals surface area contributed by atoms with Gasteiger partial charge in [-0.15, -0.1) is 0 Å². The highest BCUT2D eigenvalue weighted by atomic mass is 16.5. The molecule has 5 heterocycles. The van der Waals surface area contributed by atoms with Gasteiger partial charge in [-0.1, -0.05) is 26.5 Å². The van der Waals surface area contributed by atoms with Gasteiger partial charge in [-0.25, -0.2) is 14.6 Å². The number of ether oxygens (including phenoxy) is 1. The van der Waals surface area contributed by atoms with Crippen LogP contribution in [0.3, 0.4) is 0 Å². The molecule has 0 fully saturated rings. The quantitative estimate of drug-likeness (QED) is 0.0868. The number of hydrogen-bond donors (Lipinski definition) is 6. The van der Waals surface area contributed by atoms with Crippen LogP contribution in [0, 0.1) is 13.8 Å². The van der Waals surface area contributed by atoms with Gasteiger partial charge in [0.1, 0.15) is 6.04 Å². The second-order valence-corrected chi connectivity index (χ2v) is 13.3. The van der Waals surface area contributed by atoms with E-state index in [0.29, 0.717) is 40.3 Å². The molecule has 6 N–H and O–H groups in total. The number of hydrogen-bond acceptors (Lipinski definition) is 8. The van der Waals surface area contributed by atoms with Crippen LogP contribution in [-0.2, 0) is 36.8 Å². The molecule has 0 saturated heterocycles. The van der Waals surface area contributed by atoms with Crippen LogP contribution in [0.4, 0.5) is 0 Å². The minimum absolute atomic E-state index is 0.0931. The van der Waals surface area contributed by atoms with E-state index in [9.17, 15) is 39.3 Å². The topological polar surface area (TPSA) is 225 Å². The number of aromatic carboxylic acids is 1. The first kappa shape index (κ1) is 38.2. The first-order valence-corrected chi connectivity index (χ1v) is 17.3. The van der Waals surface area contributed by atoms with Crippen LogP contribution in [-0.4, -0.2) is 78.2 Å². The highest BCUT2D eigenvalue weighted by molar-refractivity contribution is 6.02. The van der Waals surface area contributed by atoms with E-state index in [0.717, 1.165) is 33.3 Å². The van der Waals surface area contributed by atoms with Crippen LogP contribution in [0.2, 0.25) is 0 Å². The predicted molar refractivity (Wildman–Crippen MR) is 197 cm³/mol. The van der Waals surface area contributed by atoms with Crippen LogP contribution in [0.15, 0.2) is 30.9 Å². The van der Waals surface area contributed by atoms with Gasteiger partial charge >= 0.3 is 17.9 Å². The van der Waals surface area contributed by atoms with E-state index in [4.69, 9.17) is 9.97 Å². The summed E-state index contributed by atoms with van der Waals surface area (Å²) < 4.78 is 4.61. The molecule has 3 atom stereocenters. The normalized spacial score (nSPS) is 15.9. The lowest BCUT2D eigenvalue weighted by Crippen LogP contribution is -2.41. The summed E-state index contributed by atoms with van der Waals surface area (Å²) >= 11 is 0. The van der Waals surface area contributed by atoms with Crippen LogP contribution in [0.25, 0.3) is 33.2 Å². The average molecular weight is 726 g/mol. The number of carbonyl (C=O) groups is 5.